The summed E-state index contributed by atoms with van der Waals surface area (Å²) in [5.41, 5.74) is 0. The number of halogens is 1. The molecule has 0 radical (unpaired) electrons. The van der Waals surface area contributed by atoms with E-state index in [0.29, 0.717) is 12.4 Å². The molecular formula is C7H14ClNO2. The number of β-amino-alcohol motifs (C(OH)–C–C–N with tert-alkyl or cyclic N) is 1. The second-order valence-corrected chi connectivity index (χ2v) is 3.03. The first-order chi connectivity index (χ1) is 5.33. The third-order valence-corrected chi connectivity index (χ3v) is 2.11. The average Bonchev–Trinajstić information content (AvgIpc) is 2.06. The third kappa shape index (κ3) is 3.38. The van der Waals surface area contributed by atoms with Crippen LogP contribution in [-0.4, -0.2) is 54.8 Å². The quantitative estimate of drug-likeness (QED) is 0.616. The summed E-state index contributed by atoms with van der Waals surface area (Å²) in [6, 6.07) is 0. The summed E-state index contributed by atoms with van der Waals surface area (Å²) in [5.74, 6) is 0.317. The van der Waals surface area contributed by atoms with Gasteiger partial charge < -0.3 is 9.84 Å². The number of rotatable bonds is 3. The van der Waals surface area contributed by atoms with E-state index in [1.165, 1.54) is 0 Å². The Morgan fingerprint density at radius 2 is 2.09 bits per heavy atom. The van der Waals surface area contributed by atoms with Crippen molar-refractivity contribution in [2.75, 3.05) is 38.7 Å². The van der Waals surface area contributed by atoms with Crippen LogP contribution in [0.15, 0.2) is 0 Å². The fourth-order valence-corrected chi connectivity index (χ4v) is 1.23. The standard InChI is InChI=1S/C7H14ClNO2/c8-5-7(10)6-9-1-3-11-4-2-9/h7,10H,1-6H2. The van der Waals surface area contributed by atoms with Gasteiger partial charge in [0.05, 0.1) is 19.3 Å². The Kier molecular flexibility index (Phi) is 4.15. The summed E-state index contributed by atoms with van der Waals surface area (Å²) >= 11 is 5.46. The Hall–Kier alpha value is 0.170. The van der Waals surface area contributed by atoms with Gasteiger partial charge in [0, 0.05) is 25.5 Å². The van der Waals surface area contributed by atoms with Gasteiger partial charge in [0.2, 0.25) is 0 Å². The zero-order valence-corrected chi connectivity index (χ0v) is 7.26. The molecule has 4 heteroatoms. The van der Waals surface area contributed by atoms with Gasteiger partial charge in [-0.3, -0.25) is 4.90 Å². The molecule has 1 fully saturated rings. The monoisotopic (exact) mass is 179 g/mol. The molecule has 0 spiro atoms. The van der Waals surface area contributed by atoms with Crippen LogP contribution < -0.4 is 0 Å². The van der Waals surface area contributed by atoms with Gasteiger partial charge in [0.15, 0.2) is 0 Å². The fourth-order valence-electron chi connectivity index (χ4n) is 1.13. The molecule has 1 saturated heterocycles. The molecule has 0 aromatic rings. The molecule has 1 rings (SSSR count). The summed E-state index contributed by atoms with van der Waals surface area (Å²) < 4.78 is 5.16. The van der Waals surface area contributed by atoms with E-state index >= 15 is 0 Å². The molecule has 0 bridgehead atoms. The molecule has 0 aromatic heterocycles. The van der Waals surface area contributed by atoms with E-state index in [1.807, 2.05) is 0 Å². The van der Waals surface area contributed by atoms with Crippen LogP contribution in [0.25, 0.3) is 0 Å². The van der Waals surface area contributed by atoms with Gasteiger partial charge in [-0.1, -0.05) is 0 Å². The Balaban J connectivity index is 2.13. The normalized spacial score (nSPS) is 23.5. The van der Waals surface area contributed by atoms with Gasteiger partial charge in [-0.25, -0.2) is 0 Å². The van der Waals surface area contributed by atoms with Crippen LogP contribution in [0.1, 0.15) is 0 Å². The Morgan fingerprint density at radius 1 is 1.45 bits per heavy atom. The molecule has 0 aromatic carbocycles. The van der Waals surface area contributed by atoms with Crippen LogP contribution in [0, 0.1) is 0 Å². The summed E-state index contributed by atoms with van der Waals surface area (Å²) in [6.07, 6.45) is -0.394. The van der Waals surface area contributed by atoms with E-state index in [-0.39, 0.29) is 0 Å². The molecule has 0 aliphatic carbocycles. The Labute approximate surface area is 71.9 Å². The topological polar surface area (TPSA) is 32.7 Å². The maximum atomic E-state index is 9.20. The van der Waals surface area contributed by atoms with E-state index in [2.05, 4.69) is 4.90 Å². The van der Waals surface area contributed by atoms with E-state index in [0.717, 1.165) is 26.3 Å². The highest BCUT2D eigenvalue weighted by molar-refractivity contribution is 6.18. The summed E-state index contributed by atoms with van der Waals surface area (Å²) in [4.78, 5) is 2.16. The van der Waals surface area contributed by atoms with Gasteiger partial charge in [-0.2, -0.15) is 0 Å². The Bertz CT molecular complexity index is 107. The smallest absolute Gasteiger partial charge is 0.0802 e. The number of ether oxygens (including phenoxy) is 1. The lowest BCUT2D eigenvalue weighted by atomic mass is 10.3. The first-order valence-electron chi connectivity index (χ1n) is 3.87. The highest BCUT2D eigenvalue weighted by Gasteiger charge is 2.13. The number of alkyl halides is 1. The van der Waals surface area contributed by atoms with Gasteiger partial charge in [-0.15, -0.1) is 11.6 Å². The largest absolute Gasteiger partial charge is 0.391 e. The van der Waals surface area contributed by atoms with Gasteiger partial charge >= 0.3 is 0 Å². The number of aliphatic hydroxyl groups is 1. The van der Waals surface area contributed by atoms with Crippen LogP contribution >= 0.6 is 11.6 Å². The van der Waals surface area contributed by atoms with Crippen molar-refractivity contribution in [1.29, 1.82) is 0 Å². The summed E-state index contributed by atoms with van der Waals surface area (Å²) in [7, 11) is 0. The van der Waals surface area contributed by atoms with Crippen LogP contribution in [0.5, 0.6) is 0 Å². The summed E-state index contributed by atoms with van der Waals surface area (Å²) in [5, 5.41) is 9.20. The highest BCUT2D eigenvalue weighted by Crippen LogP contribution is 1.99. The minimum absolute atomic E-state index is 0.317. The molecule has 1 unspecified atom stereocenters. The summed E-state index contributed by atoms with van der Waals surface area (Å²) in [6.45, 7) is 4.04. The van der Waals surface area contributed by atoms with Crippen molar-refractivity contribution in [2.24, 2.45) is 0 Å². The fraction of sp³-hybridized carbons (Fsp3) is 1.00. The molecule has 0 amide bonds. The molecule has 1 aliphatic heterocycles. The van der Waals surface area contributed by atoms with Crippen molar-refractivity contribution >= 4 is 11.6 Å². The first kappa shape index (κ1) is 9.26. The molecule has 66 valence electrons. The molecule has 1 aliphatic rings. The SMILES string of the molecule is OC(CCl)CN1CCOCC1. The van der Waals surface area contributed by atoms with Crippen LogP contribution in [0.3, 0.4) is 0 Å². The minimum atomic E-state index is -0.394. The lowest BCUT2D eigenvalue weighted by Gasteiger charge is -2.27. The van der Waals surface area contributed by atoms with Crippen molar-refractivity contribution in [3.63, 3.8) is 0 Å². The zero-order chi connectivity index (χ0) is 8.10. The van der Waals surface area contributed by atoms with Gasteiger partial charge in [0.1, 0.15) is 0 Å². The van der Waals surface area contributed by atoms with Crippen molar-refractivity contribution in [2.45, 2.75) is 6.10 Å². The lowest BCUT2D eigenvalue weighted by molar-refractivity contribution is 0.0186. The van der Waals surface area contributed by atoms with Crippen molar-refractivity contribution in [3.05, 3.63) is 0 Å². The number of nitrogens with zero attached hydrogens (tertiary/aromatic N) is 1. The molecule has 0 saturated carbocycles. The van der Waals surface area contributed by atoms with Gasteiger partial charge in [-0.05, 0) is 0 Å². The van der Waals surface area contributed by atoms with Crippen LogP contribution in [0.2, 0.25) is 0 Å². The highest BCUT2D eigenvalue weighted by atomic mass is 35.5. The Morgan fingerprint density at radius 3 is 2.64 bits per heavy atom. The van der Waals surface area contributed by atoms with Crippen molar-refractivity contribution < 1.29 is 9.84 Å². The van der Waals surface area contributed by atoms with E-state index in [4.69, 9.17) is 16.3 Å². The molecule has 3 nitrogen and oxygen atoms in total. The molecule has 11 heavy (non-hydrogen) atoms. The average molecular weight is 180 g/mol. The third-order valence-electron chi connectivity index (χ3n) is 1.75. The number of hydrogen-bond acceptors (Lipinski definition) is 3. The number of morpholine rings is 1. The minimum Gasteiger partial charge on any atom is -0.391 e. The molecule has 1 atom stereocenters. The second-order valence-electron chi connectivity index (χ2n) is 2.72. The second kappa shape index (κ2) is 4.93. The maximum Gasteiger partial charge on any atom is 0.0802 e. The molecular weight excluding hydrogens is 166 g/mol. The van der Waals surface area contributed by atoms with Crippen molar-refractivity contribution in [1.82, 2.24) is 4.90 Å². The van der Waals surface area contributed by atoms with Crippen molar-refractivity contribution in [3.8, 4) is 0 Å². The number of hydrogen-bond donors (Lipinski definition) is 1. The predicted octanol–water partition coefficient (Wildman–Crippen LogP) is -0.0817. The van der Waals surface area contributed by atoms with E-state index in [9.17, 15) is 5.11 Å². The molecule has 1 N–H and O–H groups in total. The van der Waals surface area contributed by atoms with Crippen LogP contribution in [0.4, 0.5) is 0 Å². The van der Waals surface area contributed by atoms with E-state index < -0.39 is 6.10 Å². The first-order valence-corrected chi connectivity index (χ1v) is 4.40. The lowest BCUT2D eigenvalue weighted by Crippen LogP contribution is -2.41. The van der Waals surface area contributed by atoms with Crippen LogP contribution in [-0.2, 0) is 4.74 Å². The zero-order valence-electron chi connectivity index (χ0n) is 6.50. The predicted molar refractivity (Wildman–Crippen MR) is 44.0 cm³/mol. The maximum absolute atomic E-state index is 9.20. The number of aliphatic hydroxyl groups excluding tert-OH is 1. The van der Waals surface area contributed by atoms with E-state index in [1.54, 1.807) is 0 Å². The van der Waals surface area contributed by atoms with Gasteiger partial charge in [0.25, 0.3) is 0 Å². The molecule has 1 heterocycles.